The molecule has 0 aromatic rings. The maximum absolute atomic E-state index is 11.9. The predicted molar refractivity (Wildman–Crippen MR) is 91.9 cm³/mol. The van der Waals surface area contributed by atoms with Crippen LogP contribution in [0.4, 0.5) is 0 Å². The number of carbonyl (C=O) groups is 1. The van der Waals surface area contributed by atoms with Crippen LogP contribution in [0.5, 0.6) is 0 Å². The van der Waals surface area contributed by atoms with Crippen LogP contribution in [-0.2, 0) is 4.79 Å². The Bertz CT molecular complexity index is 498. The summed E-state index contributed by atoms with van der Waals surface area (Å²) in [4.78, 5) is 11.9. The number of fused-ring (bicyclic) bond motifs is 5. The first-order chi connectivity index (χ1) is 10.9. The number of aliphatic hydroxyl groups is 1. The highest BCUT2D eigenvalue weighted by atomic mass is 16.3. The van der Waals surface area contributed by atoms with Crippen LogP contribution in [0.25, 0.3) is 0 Å². The van der Waals surface area contributed by atoms with Gasteiger partial charge < -0.3 is 5.11 Å². The van der Waals surface area contributed by atoms with Gasteiger partial charge in [0.1, 0.15) is 5.78 Å². The van der Waals surface area contributed by atoms with Gasteiger partial charge in [-0.3, -0.25) is 4.79 Å². The molecule has 0 spiro atoms. The quantitative estimate of drug-likeness (QED) is 0.767. The van der Waals surface area contributed by atoms with Crippen molar-refractivity contribution in [1.29, 1.82) is 0 Å². The molecule has 0 aromatic heterocycles. The standard InChI is InChI=1S/C21H34O2/c1-13(22)17-6-7-18-16-5-4-14-12-15(23)8-10-20(14,2)19(16)9-11-21(17,18)3/h13-14,16-19,22H,4-12H2,1-3H3/t13-,14-,16-,17+,18-,19-,20-,21+/m0/s1. The van der Waals surface area contributed by atoms with E-state index >= 15 is 0 Å². The first-order valence-electron chi connectivity index (χ1n) is 10.1. The van der Waals surface area contributed by atoms with Gasteiger partial charge in [-0.25, -0.2) is 0 Å². The summed E-state index contributed by atoms with van der Waals surface area (Å²) in [5.74, 6) is 4.18. The summed E-state index contributed by atoms with van der Waals surface area (Å²) in [6, 6.07) is 0. The smallest absolute Gasteiger partial charge is 0.133 e. The van der Waals surface area contributed by atoms with E-state index in [4.69, 9.17) is 0 Å². The van der Waals surface area contributed by atoms with Crippen LogP contribution < -0.4 is 0 Å². The Hall–Kier alpha value is -0.370. The molecule has 8 atom stereocenters. The van der Waals surface area contributed by atoms with Crippen molar-refractivity contribution < 1.29 is 9.90 Å². The molecule has 0 bridgehead atoms. The van der Waals surface area contributed by atoms with Crippen molar-refractivity contribution >= 4 is 5.78 Å². The van der Waals surface area contributed by atoms with Crippen LogP contribution in [-0.4, -0.2) is 17.0 Å². The summed E-state index contributed by atoms with van der Waals surface area (Å²) < 4.78 is 0. The van der Waals surface area contributed by atoms with Crippen LogP contribution in [0.3, 0.4) is 0 Å². The van der Waals surface area contributed by atoms with Crippen LogP contribution >= 0.6 is 0 Å². The molecule has 4 aliphatic rings. The predicted octanol–water partition coefficient (Wildman–Crippen LogP) is 4.60. The van der Waals surface area contributed by atoms with Gasteiger partial charge in [-0.05, 0) is 92.3 Å². The Morgan fingerprint density at radius 2 is 1.74 bits per heavy atom. The SMILES string of the molecule is C[C@H](O)[C@H]1CC[C@H]2[C@@H]3CC[C@H]4CC(=O)CC[C@]4(C)[C@H]3CC[C@]12C. The molecule has 4 aliphatic carbocycles. The average Bonchev–Trinajstić information content (AvgIpc) is 2.85. The van der Waals surface area contributed by atoms with E-state index in [2.05, 4.69) is 13.8 Å². The number of rotatable bonds is 1. The lowest BCUT2D eigenvalue weighted by atomic mass is 9.44. The second kappa shape index (κ2) is 5.31. The van der Waals surface area contributed by atoms with Crippen molar-refractivity contribution in [2.24, 2.45) is 40.4 Å². The van der Waals surface area contributed by atoms with E-state index in [1.165, 1.54) is 38.5 Å². The van der Waals surface area contributed by atoms with Gasteiger partial charge in [-0.15, -0.1) is 0 Å². The fourth-order valence-electron chi connectivity index (χ4n) is 7.88. The van der Waals surface area contributed by atoms with E-state index < -0.39 is 0 Å². The number of ketones is 1. The minimum absolute atomic E-state index is 0.152. The minimum Gasteiger partial charge on any atom is -0.393 e. The molecular formula is C21H34O2. The average molecular weight is 319 g/mol. The number of aliphatic hydroxyl groups excluding tert-OH is 1. The second-order valence-corrected chi connectivity index (χ2v) is 9.87. The molecule has 0 aromatic carbocycles. The summed E-state index contributed by atoms with van der Waals surface area (Å²) in [5, 5.41) is 10.3. The molecule has 0 aliphatic heterocycles. The maximum atomic E-state index is 11.9. The van der Waals surface area contributed by atoms with Gasteiger partial charge in [-0.1, -0.05) is 13.8 Å². The second-order valence-electron chi connectivity index (χ2n) is 9.87. The van der Waals surface area contributed by atoms with E-state index in [-0.39, 0.29) is 6.10 Å². The zero-order valence-electron chi connectivity index (χ0n) is 15.2. The minimum atomic E-state index is -0.152. The maximum Gasteiger partial charge on any atom is 0.133 e. The molecule has 0 saturated heterocycles. The van der Waals surface area contributed by atoms with Gasteiger partial charge in [-0.2, -0.15) is 0 Å². The Kier molecular flexibility index (Phi) is 3.72. The molecule has 0 radical (unpaired) electrons. The zero-order valence-corrected chi connectivity index (χ0v) is 15.2. The van der Waals surface area contributed by atoms with Crippen LogP contribution in [0, 0.1) is 40.4 Å². The number of carbonyl (C=O) groups excluding carboxylic acids is 1. The summed E-state index contributed by atoms with van der Waals surface area (Å²) in [7, 11) is 0. The van der Waals surface area contributed by atoms with Gasteiger partial charge >= 0.3 is 0 Å². The van der Waals surface area contributed by atoms with Crippen molar-refractivity contribution in [2.45, 2.75) is 84.7 Å². The third-order valence-corrected chi connectivity index (χ3v) is 9.14. The molecule has 0 amide bonds. The molecule has 0 unspecified atom stereocenters. The lowest BCUT2D eigenvalue weighted by Crippen LogP contribution is -2.54. The molecule has 4 saturated carbocycles. The summed E-state index contributed by atoms with van der Waals surface area (Å²) in [5.41, 5.74) is 0.782. The third-order valence-electron chi connectivity index (χ3n) is 9.14. The van der Waals surface area contributed by atoms with Gasteiger partial charge in [0, 0.05) is 12.8 Å². The highest BCUT2D eigenvalue weighted by Gasteiger charge is 2.60. The molecule has 130 valence electrons. The lowest BCUT2D eigenvalue weighted by Gasteiger charge is -2.60. The van der Waals surface area contributed by atoms with E-state index in [9.17, 15) is 9.90 Å². The van der Waals surface area contributed by atoms with E-state index in [1.54, 1.807) is 0 Å². The molecule has 4 fully saturated rings. The molecular weight excluding hydrogens is 284 g/mol. The Morgan fingerprint density at radius 1 is 1.00 bits per heavy atom. The van der Waals surface area contributed by atoms with E-state index in [0.29, 0.717) is 28.4 Å². The lowest BCUT2D eigenvalue weighted by molar-refractivity contribution is -0.141. The first-order valence-corrected chi connectivity index (χ1v) is 10.1. The van der Waals surface area contributed by atoms with Gasteiger partial charge in [0.2, 0.25) is 0 Å². The Balaban J connectivity index is 1.61. The third kappa shape index (κ3) is 2.19. The largest absolute Gasteiger partial charge is 0.393 e. The molecule has 0 heterocycles. The number of hydrogen-bond acceptors (Lipinski definition) is 2. The van der Waals surface area contributed by atoms with Crippen LogP contribution in [0.15, 0.2) is 0 Å². The van der Waals surface area contributed by atoms with E-state index in [1.807, 2.05) is 6.92 Å². The van der Waals surface area contributed by atoms with Crippen molar-refractivity contribution in [1.82, 2.24) is 0 Å². The Morgan fingerprint density at radius 3 is 2.48 bits per heavy atom. The Labute approximate surface area is 141 Å². The molecule has 2 nitrogen and oxygen atoms in total. The normalized spacial score (nSPS) is 54.1. The monoisotopic (exact) mass is 318 g/mol. The highest BCUT2D eigenvalue weighted by Crippen LogP contribution is 2.67. The van der Waals surface area contributed by atoms with Gasteiger partial charge in [0.05, 0.1) is 6.10 Å². The van der Waals surface area contributed by atoms with Crippen molar-refractivity contribution in [2.75, 3.05) is 0 Å². The molecule has 23 heavy (non-hydrogen) atoms. The van der Waals surface area contributed by atoms with Crippen molar-refractivity contribution in [3.05, 3.63) is 0 Å². The van der Waals surface area contributed by atoms with Crippen molar-refractivity contribution in [3.8, 4) is 0 Å². The first kappa shape index (κ1) is 16.1. The summed E-state index contributed by atoms with van der Waals surface area (Å²) in [6.07, 6.45) is 10.5. The summed E-state index contributed by atoms with van der Waals surface area (Å²) >= 11 is 0. The van der Waals surface area contributed by atoms with Gasteiger partial charge in [0.25, 0.3) is 0 Å². The van der Waals surface area contributed by atoms with Crippen LogP contribution in [0.2, 0.25) is 0 Å². The summed E-state index contributed by atoms with van der Waals surface area (Å²) in [6.45, 7) is 7.01. The molecule has 4 rings (SSSR count). The number of hydrogen-bond donors (Lipinski definition) is 1. The van der Waals surface area contributed by atoms with Crippen molar-refractivity contribution in [3.63, 3.8) is 0 Å². The van der Waals surface area contributed by atoms with Gasteiger partial charge in [0.15, 0.2) is 0 Å². The van der Waals surface area contributed by atoms with Crippen LogP contribution in [0.1, 0.15) is 78.6 Å². The topological polar surface area (TPSA) is 37.3 Å². The fourth-order valence-corrected chi connectivity index (χ4v) is 7.88. The van der Waals surface area contributed by atoms with E-state index in [0.717, 1.165) is 37.0 Å². The molecule has 2 heteroatoms. The number of Topliss-reactive ketones (excluding diaryl/α,β-unsaturated/α-hetero) is 1. The fraction of sp³-hybridized carbons (Fsp3) is 0.952. The zero-order chi connectivity index (χ0) is 16.4. The highest BCUT2D eigenvalue weighted by molar-refractivity contribution is 5.79. The molecule has 1 N–H and O–H groups in total.